The highest BCUT2D eigenvalue weighted by Gasteiger charge is 2.34. The minimum Gasteiger partial charge on any atom is -0.198 e. The Bertz CT molecular complexity index is 448. The molecular formula is C10H7F3N2O. The monoisotopic (exact) mass is 228 g/mol. The highest BCUT2D eigenvalue weighted by molar-refractivity contribution is 5.47. The zero-order chi connectivity index (χ0) is 12.3. The lowest BCUT2D eigenvalue weighted by atomic mass is 9.96. The van der Waals surface area contributed by atoms with Crippen LogP contribution >= 0.6 is 0 Å². The van der Waals surface area contributed by atoms with Crippen molar-refractivity contribution in [3.05, 3.63) is 34.2 Å². The second-order valence-electron chi connectivity index (χ2n) is 3.21. The largest absolute Gasteiger partial charge is 0.416 e. The van der Waals surface area contributed by atoms with E-state index in [1.54, 1.807) is 6.07 Å². The van der Waals surface area contributed by atoms with Gasteiger partial charge < -0.3 is 0 Å². The fourth-order valence-corrected chi connectivity index (χ4v) is 1.29. The Morgan fingerprint density at radius 3 is 2.50 bits per heavy atom. The number of rotatable bonds is 2. The van der Waals surface area contributed by atoms with Gasteiger partial charge >= 0.3 is 6.18 Å². The first-order valence-electron chi connectivity index (χ1n) is 4.34. The van der Waals surface area contributed by atoms with E-state index in [0.29, 0.717) is 6.07 Å². The lowest BCUT2D eigenvalue weighted by Crippen LogP contribution is -2.10. The molecule has 1 unspecified atom stereocenters. The lowest BCUT2D eigenvalue weighted by molar-refractivity contribution is -0.138. The van der Waals surface area contributed by atoms with Crippen molar-refractivity contribution in [1.29, 1.82) is 5.26 Å². The fourth-order valence-electron chi connectivity index (χ4n) is 1.29. The minimum atomic E-state index is -4.60. The number of hydrogen-bond donors (Lipinski definition) is 0. The van der Waals surface area contributed by atoms with Gasteiger partial charge in [-0.2, -0.15) is 18.4 Å². The van der Waals surface area contributed by atoms with E-state index in [1.807, 2.05) is 0 Å². The van der Waals surface area contributed by atoms with Gasteiger partial charge in [0.2, 0.25) is 0 Å². The molecule has 0 aliphatic carbocycles. The molecule has 1 aromatic rings. The molecule has 0 saturated heterocycles. The van der Waals surface area contributed by atoms with Crippen LogP contribution in [0.1, 0.15) is 24.0 Å². The zero-order valence-corrected chi connectivity index (χ0v) is 8.25. The van der Waals surface area contributed by atoms with Gasteiger partial charge in [-0.3, -0.25) is 0 Å². The summed E-state index contributed by atoms with van der Waals surface area (Å²) >= 11 is 0. The van der Waals surface area contributed by atoms with Crippen LogP contribution in [0.15, 0.2) is 23.4 Å². The number of alkyl halides is 3. The number of hydrogen-bond acceptors (Lipinski definition) is 3. The summed E-state index contributed by atoms with van der Waals surface area (Å²) in [5.74, 6) is -0.891. The van der Waals surface area contributed by atoms with Crippen molar-refractivity contribution in [3.8, 4) is 6.07 Å². The molecule has 0 spiro atoms. The second kappa shape index (κ2) is 4.31. The molecule has 0 N–H and O–H groups in total. The molecule has 1 aromatic carbocycles. The van der Waals surface area contributed by atoms with Gasteiger partial charge in [0.15, 0.2) is 0 Å². The Kier molecular flexibility index (Phi) is 3.28. The Morgan fingerprint density at radius 2 is 2.06 bits per heavy atom. The predicted molar refractivity (Wildman–Crippen MR) is 50.9 cm³/mol. The third-order valence-electron chi connectivity index (χ3n) is 2.11. The predicted octanol–water partition coefficient (Wildman–Crippen LogP) is 3.73. The lowest BCUT2D eigenvalue weighted by Gasteiger charge is -2.14. The zero-order valence-electron chi connectivity index (χ0n) is 8.25. The number of halogens is 3. The normalized spacial score (nSPS) is 12.9. The second-order valence-corrected chi connectivity index (χ2v) is 3.21. The molecule has 0 bridgehead atoms. The molecule has 84 valence electrons. The van der Waals surface area contributed by atoms with Gasteiger partial charge in [-0.25, -0.2) is 0 Å². The Labute approximate surface area is 89.5 Å². The number of benzene rings is 1. The molecule has 1 atom stereocenters. The van der Waals surface area contributed by atoms with Gasteiger partial charge in [-0.1, -0.05) is 6.07 Å². The van der Waals surface area contributed by atoms with Crippen molar-refractivity contribution in [2.45, 2.75) is 19.0 Å². The maximum Gasteiger partial charge on any atom is 0.416 e. The summed E-state index contributed by atoms with van der Waals surface area (Å²) in [6, 6.07) is 4.63. The van der Waals surface area contributed by atoms with Gasteiger partial charge in [-0.05, 0) is 29.8 Å². The van der Waals surface area contributed by atoms with E-state index in [0.717, 1.165) is 12.1 Å². The van der Waals surface area contributed by atoms with Gasteiger partial charge in [0.1, 0.15) is 5.69 Å². The van der Waals surface area contributed by atoms with E-state index in [9.17, 15) is 18.1 Å². The first-order valence-corrected chi connectivity index (χ1v) is 4.34. The van der Waals surface area contributed by atoms with Crippen molar-refractivity contribution in [3.63, 3.8) is 0 Å². The first kappa shape index (κ1) is 12.2. The molecule has 6 heteroatoms. The fraction of sp³-hybridized carbons (Fsp3) is 0.300. The molecule has 3 nitrogen and oxygen atoms in total. The van der Waals surface area contributed by atoms with Crippen LogP contribution in [-0.4, -0.2) is 0 Å². The smallest absolute Gasteiger partial charge is 0.198 e. The first-order chi connectivity index (χ1) is 7.40. The highest BCUT2D eigenvalue weighted by atomic mass is 19.4. The van der Waals surface area contributed by atoms with E-state index >= 15 is 0 Å². The third kappa shape index (κ3) is 2.37. The van der Waals surface area contributed by atoms with Crippen molar-refractivity contribution >= 4 is 5.69 Å². The van der Waals surface area contributed by atoms with E-state index in [-0.39, 0.29) is 11.3 Å². The molecule has 0 fully saturated rings. The van der Waals surface area contributed by atoms with Crippen molar-refractivity contribution in [2.75, 3.05) is 0 Å². The number of nitriles is 1. The third-order valence-corrected chi connectivity index (χ3v) is 2.11. The summed E-state index contributed by atoms with van der Waals surface area (Å²) in [5, 5.41) is 11.0. The summed E-state index contributed by atoms with van der Waals surface area (Å²) in [7, 11) is 0. The van der Waals surface area contributed by atoms with Crippen LogP contribution in [0.3, 0.4) is 0 Å². The molecule has 0 saturated carbocycles. The van der Waals surface area contributed by atoms with Crippen molar-refractivity contribution in [2.24, 2.45) is 5.18 Å². The quantitative estimate of drug-likeness (QED) is 0.724. The van der Waals surface area contributed by atoms with Crippen LogP contribution in [0, 0.1) is 16.2 Å². The molecule has 0 aliphatic heterocycles. The van der Waals surface area contributed by atoms with Gasteiger partial charge in [0, 0.05) is 0 Å². The van der Waals surface area contributed by atoms with Crippen LogP contribution in [0.25, 0.3) is 0 Å². The van der Waals surface area contributed by atoms with Gasteiger partial charge in [0.25, 0.3) is 0 Å². The highest BCUT2D eigenvalue weighted by Crippen LogP contribution is 2.37. The van der Waals surface area contributed by atoms with Crippen LogP contribution in [0.5, 0.6) is 0 Å². The van der Waals surface area contributed by atoms with E-state index in [1.165, 1.54) is 6.92 Å². The molecule has 1 rings (SSSR count). The van der Waals surface area contributed by atoms with Gasteiger partial charge in [0.05, 0.1) is 17.6 Å². The Hall–Kier alpha value is -1.90. The number of nitrogens with zero attached hydrogens (tertiary/aromatic N) is 2. The molecule has 0 radical (unpaired) electrons. The summed E-state index contributed by atoms with van der Waals surface area (Å²) in [5.41, 5.74) is -1.44. The van der Waals surface area contributed by atoms with E-state index in [4.69, 9.17) is 5.26 Å². The molecule has 0 aliphatic rings. The van der Waals surface area contributed by atoms with E-state index in [2.05, 4.69) is 5.18 Å². The van der Waals surface area contributed by atoms with Crippen LogP contribution < -0.4 is 0 Å². The summed E-state index contributed by atoms with van der Waals surface area (Å²) in [6.07, 6.45) is -4.60. The molecule has 0 amide bonds. The summed E-state index contributed by atoms with van der Waals surface area (Å²) < 4.78 is 37.8. The summed E-state index contributed by atoms with van der Waals surface area (Å²) in [6.45, 7) is 1.36. The molecule has 0 aromatic heterocycles. The van der Waals surface area contributed by atoms with Crippen LogP contribution in [0.4, 0.5) is 18.9 Å². The minimum absolute atomic E-state index is 0.151. The molecule has 0 heterocycles. The molecular weight excluding hydrogens is 221 g/mol. The SMILES string of the molecule is CC(C#N)c1ccc(N=O)cc1C(F)(F)F. The standard InChI is InChI=1S/C10H7F3N2O/c1-6(5-14)8-3-2-7(15-16)4-9(8)10(11,12)13/h2-4,6H,1H3. The average molecular weight is 228 g/mol. The van der Waals surface area contributed by atoms with Crippen molar-refractivity contribution < 1.29 is 13.2 Å². The summed E-state index contributed by atoms with van der Waals surface area (Å²) in [4.78, 5) is 10.2. The Balaban J connectivity index is 3.40. The average Bonchev–Trinajstić information content (AvgIpc) is 2.26. The maximum atomic E-state index is 12.6. The van der Waals surface area contributed by atoms with E-state index < -0.39 is 17.7 Å². The van der Waals surface area contributed by atoms with Crippen LogP contribution in [0.2, 0.25) is 0 Å². The van der Waals surface area contributed by atoms with Gasteiger partial charge in [-0.15, -0.1) is 4.91 Å². The van der Waals surface area contributed by atoms with Crippen LogP contribution in [-0.2, 0) is 6.18 Å². The number of nitroso groups, excluding NO2 is 1. The Morgan fingerprint density at radius 1 is 1.44 bits per heavy atom. The molecule has 16 heavy (non-hydrogen) atoms. The maximum absolute atomic E-state index is 12.6. The topological polar surface area (TPSA) is 53.2 Å². The van der Waals surface area contributed by atoms with Crippen molar-refractivity contribution in [1.82, 2.24) is 0 Å².